The molecular weight excluding hydrogens is 266 g/mol. The van der Waals surface area contributed by atoms with Crippen LogP contribution in [0.3, 0.4) is 0 Å². The van der Waals surface area contributed by atoms with E-state index in [1.54, 1.807) is 0 Å². The van der Waals surface area contributed by atoms with Crippen molar-refractivity contribution in [2.75, 3.05) is 4.23 Å². The van der Waals surface area contributed by atoms with Crippen molar-refractivity contribution in [3.63, 3.8) is 0 Å². The molecule has 1 rings (SSSR count). The zero-order valence-corrected chi connectivity index (χ0v) is 16.3. The van der Waals surface area contributed by atoms with Crippen LogP contribution >= 0.6 is 0 Å². The van der Waals surface area contributed by atoms with E-state index in [1.165, 1.54) is 10.9 Å². The van der Waals surface area contributed by atoms with Crippen LogP contribution in [0.15, 0.2) is 24.3 Å². The summed E-state index contributed by atoms with van der Waals surface area (Å²) in [5.41, 5.74) is 1.44. The predicted molar refractivity (Wildman–Crippen MR) is 92.7 cm³/mol. The molecule has 0 atom stereocenters. The van der Waals surface area contributed by atoms with E-state index >= 15 is 0 Å². The maximum Gasteiger partial charge on any atom is 0.138 e. The Kier molecular flexibility index (Phi) is 4.67. The molecule has 0 aliphatic rings. The van der Waals surface area contributed by atoms with E-state index in [9.17, 15) is 0 Å². The smallest absolute Gasteiger partial charge is 0.138 e. The first-order chi connectivity index (χ1) is 8.03. The number of anilines is 1. The second-order valence-electron chi connectivity index (χ2n) is 7.22. The molecule has 1 radical (unpaired) electrons. The normalized spacial score (nSPS) is 12.9. The van der Waals surface area contributed by atoms with Gasteiger partial charge in [-0.2, -0.15) is 0 Å². The minimum absolute atomic E-state index is 0.320. The van der Waals surface area contributed by atoms with Gasteiger partial charge in [-0.3, -0.25) is 0 Å². The van der Waals surface area contributed by atoms with Gasteiger partial charge < -0.3 is 4.23 Å². The molecule has 0 bridgehead atoms. The van der Waals surface area contributed by atoms with E-state index in [0.717, 1.165) is 0 Å². The Morgan fingerprint density at radius 1 is 0.778 bits per heavy atom. The molecular formula is C14H28NSi3. The van der Waals surface area contributed by atoms with Crippen LogP contribution in [0, 0.1) is 0 Å². The minimum Gasteiger partial charge on any atom is -0.425 e. The summed E-state index contributed by atoms with van der Waals surface area (Å²) < 4.78 is 2.78. The third-order valence-electron chi connectivity index (χ3n) is 3.04. The van der Waals surface area contributed by atoms with E-state index in [4.69, 9.17) is 0 Å². The van der Waals surface area contributed by atoms with Crippen molar-refractivity contribution in [2.45, 2.75) is 52.4 Å². The Balaban J connectivity index is 3.16. The summed E-state index contributed by atoms with van der Waals surface area (Å²) in [6.07, 6.45) is 0. The van der Waals surface area contributed by atoms with Crippen LogP contribution in [-0.4, -0.2) is 25.3 Å². The molecule has 0 aromatic heterocycles. The predicted octanol–water partition coefficient (Wildman–Crippen LogP) is 4.12. The number of hydrogen-bond donors (Lipinski definition) is 0. The quantitative estimate of drug-likeness (QED) is 0.755. The summed E-state index contributed by atoms with van der Waals surface area (Å²) in [5.74, 6) is 0. The molecule has 0 unspecified atom stereocenters. The molecule has 101 valence electrons. The Hall–Kier alpha value is -0.329. The number of rotatable bonds is 4. The highest BCUT2D eigenvalue weighted by Gasteiger charge is 2.34. The molecule has 1 aromatic carbocycles. The highest BCUT2D eigenvalue weighted by atomic mass is 28.4. The molecule has 1 nitrogen and oxygen atoms in total. The van der Waals surface area contributed by atoms with Gasteiger partial charge in [-0.05, 0) is 12.1 Å². The lowest BCUT2D eigenvalue weighted by atomic mass is 10.3. The number of nitrogens with zero attached hydrogens (tertiary/aromatic N) is 1. The Bertz CT molecular complexity index is 371. The van der Waals surface area contributed by atoms with Crippen molar-refractivity contribution < 1.29 is 0 Å². The van der Waals surface area contributed by atoms with Crippen molar-refractivity contribution in [3.8, 4) is 0 Å². The van der Waals surface area contributed by atoms with Crippen molar-refractivity contribution in [1.29, 1.82) is 0 Å². The van der Waals surface area contributed by atoms with Crippen LogP contribution < -0.4 is 9.42 Å². The van der Waals surface area contributed by atoms with Gasteiger partial charge in [-0.15, -0.1) is 0 Å². The number of hydrogen-bond acceptors (Lipinski definition) is 1. The maximum absolute atomic E-state index is 2.78. The topological polar surface area (TPSA) is 3.24 Å². The summed E-state index contributed by atoms with van der Waals surface area (Å²) in [4.78, 5) is 0. The Labute approximate surface area is 117 Å². The van der Waals surface area contributed by atoms with Crippen molar-refractivity contribution in [2.24, 2.45) is 0 Å². The third-order valence-corrected chi connectivity index (χ3v) is 11.8. The van der Waals surface area contributed by atoms with Gasteiger partial charge >= 0.3 is 0 Å². The monoisotopic (exact) mass is 294 g/mol. The first-order valence-corrected chi connectivity index (χ1v) is 16.1. The van der Waals surface area contributed by atoms with Gasteiger partial charge in [0.15, 0.2) is 0 Å². The average molecular weight is 295 g/mol. The fourth-order valence-electron chi connectivity index (χ4n) is 2.72. The van der Waals surface area contributed by atoms with E-state index in [0.29, 0.717) is 0 Å². The van der Waals surface area contributed by atoms with Crippen LogP contribution in [0.4, 0.5) is 5.69 Å². The van der Waals surface area contributed by atoms with Crippen LogP contribution in [0.2, 0.25) is 52.4 Å². The molecule has 0 aliphatic heterocycles. The van der Waals surface area contributed by atoms with Crippen LogP contribution in [0.1, 0.15) is 0 Å². The van der Waals surface area contributed by atoms with Crippen LogP contribution in [0.5, 0.6) is 0 Å². The van der Waals surface area contributed by atoms with Crippen molar-refractivity contribution in [3.05, 3.63) is 24.3 Å². The van der Waals surface area contributed by atoms with Crippen LogP contribution in [0.25, 0.3) is 0 Å². The third kappa shape index (κ3) is 3.83. The van der Waals surface area contributed by atoms with Crippen LogP contribution in [-0.2, 0) is 0 Å². The van der Waals surface area contributed by atoms with Gasteiger partial charge in [-0.25, -0.2) is 0 Å². The standard InChI is InChI=1S/C14H28NSi3/c1-16(2)14-11-9-13(10-12-14)15(17(3,4)5)18(6,7)8/h9-12H,1-8H3. The molecule has 0 heterocycles. The molecule has 4 heteroatoms. The van der Waals surface area contributed by atoms with Gasteiger partial charge in [-0.1, -0.05) is 69.7 Å². The molecule has 0 amide bonds. The first-order valence-electron chi connectivity index (χ1n) is 6.74. The van der Waals surface area contributed by atoms with E-state index in [1.807, 2.05) is 0 Å². The summed E-state index contributed by atoms with van der Waals surface area (Å²) in [7, 11) is -2.93. The van der Waals surface area contributed by atoms with Gasteiger partial charge in [0.1, 0.15) is 16.5 Å². The Morgan fingerprint density at radius 3 is 1.44 bits per heavy atom. The summed E-state index contributed by atoms with van der Waals surface area (Å²) >= 11 is 0. The molecule has 0 N–H and O–H groups in total. The minimum atomic E-state index is -1.30. The SMILES string of the molecule is C[Si](C)c1ccc(N([Si](C)(C)C)[Si](C)(C)C)cc1. The molecule has 18 heavy (non-hydrogen) atoms. The fraction of sp³-hybridized carbons (Fsp3) is 0.571. The molecule has 0 saturated heterocycles. The molecule has 0 aliphatic carbocycles. The van der Waals surface area contributed by atoms with E-state index in [2.05, 4.69) is 80.9 Å². The summed E-state index contributed by atoms with van der Waals surface area (Å²) in [6.45, 7) is 19.4. The number of benzene rings is 1. The van der Waals surface area contributed by atoms with Gasteiger partial charge in [0.2, 0.25) is 0 Å². The molecule has 0 spiro atoms. The first kappa shape index (κ1) is 15.7. The van der Waals surface area contributed by atoms with E-state index < -0.39 is 16.5 Å². The lowest BCUT2D eigenvalue weighted by Gasteiger charge is -2.46. The van der Waals surface area contributed by atoms with Gasteiger partial charge in [0.05, 0.1) is 8.80 Å². The highest BCUT2D eigenvalue weighted by Crippen LogP contribution is 2.27. The zero-order chi connectivity index (χ0) is 14.1. The lowest BCUT2D eigenvalue weighted by molar-refractivity contribution is 1.35. The highest BCUT2D eigenvalue weighted by molar-refractivity contribution is 6.99. The maximum atomic E-state index is 2.78. The summed E-state index contributed by atoms with van der Waals surface area (Å²) in [5, 5.41) is 1.54. The average Bonchev–Trinajstić information content (AvgIpc) is 2.13. The molecule has 0 saturated carbocycles. The molecule has 1 aromatic rings. The Morgan fingerprint density at radius 2 is 1.17 bits per heavy atom. The lowest BCUT2D eigenvalue weighted by Crippen LogP contribution is -2.59. The van der Waals surface area contributed by atoms with Gasteiger partial charge in [0, 0.05) is 5.69 Å². The largest absolute Gasteiger partial charge is 0.425 e. The fourth-order valence-corrected chi connectivity index (χ4v) is 13.5. The van der Waals surface area contributed by atoms with Gasteiger partial charge in [0.25, 0.3) is 0 Å². The second-order valence-corrected chi connectivity index (χ2v) is 19.8. The van der Waals surface area contributed by atoms with E-state index in [-0.39, 0.29) is 8.80 Å². The van der Waals surface area contributed by atoms with Crippen molar-refractivity contribution in [1.82, 2.24) is 0 Å². The summed E-state index contributed by atoms with van der Waals surface area (Å²) in [6, 6.07) is 9.39. The second kappa shape index (κ2) is 5.35. The zero-order valence-electron chi connectivity index (χ0n) is 13.3. The van der Waals surface area contributed by atoms with Crippen molar-refractivity contribution >= 4 is 36.1 Å². The molecule has 0 fully saturated rings.